The van der Waals surface area contributed by atoms with E-state index in [1.807, 2.05) is 0 Å². The molecule has 3 atom stereocenters. The predicted octanol–water partition coefficient (Wildman–Crippen LogP) is 7.56. The highest BCUT2D eigenvalue weighted by atomic mass is 35.5. The predicted molar refractivity (Wildman–Crippen MR) is 128 cm³/mol. The standard InChI is InChI=1S/C26H24Cl2F3NO2/c1-16(2)3-8-23(19-13-21(27)15-22(28)14-19)32-10-9-17(12-25(33)34)11-24(32)18-4-6-20(7-5-18)26(29,30)31/h4-7,13-15,17,23-24H,1,9-12H2,2H3,(H,33,34)/t17-,23-,24+/m0/s1. The average molecular weight is 510 g/mol. The monoisotopic (exact) mass is 509 g/mol. The first kappa shape index (κ1) is 26.2. The number of carboxylic acid groups (broad SMARTS) is 1. The third-order valence-electron chi connectivity index (χ3n) is 5.79. The summed E-state index contributed by atoms with van der Waals surface area (Å²) in [6.07, 6.45) is -3.36. The molecule has 0 bridgehead atoms. The number of aliphatic carboxylic acids is 1. The van der Waals surface area contributed by atoms with E-state index in [-0.39, 0.29) is 18.4 Å². The van der Waals surface area contributed by atoms with Gasteiger partial charge in [-0.3, -0.25) is 9.69 Å². The Balaban J connectivity index is 2.07. The first-order valence-electron chi connectivity index (χ1n) is 10.7. The third-order valence-corrected chi connectivity index (χ3v) is 6.23. The van der Waals surface area contributed by atoms with Gasteiger partial charge in [-0.2, -0.15) is 13.2 Å². The number of allylic oxidation sites excluding steroid dienone is 1. The lowest BCUT2D eigenvalue weighted by Crippen LogP contribution is -2.39. The Hall–Kier alpha value is -2.46. The van der Waals surface area contributed by atoms with Crippen LogP contribution in [0.5, 0.6) is 0 Å². The van der Waals surface area contributed by atoms with Crippen LogP contribution in [0.2, 0.25) is 10.0 Å². The largest absolute Gasteiger partial charge is 0.481 e. The number of rotatable bonds is 5. The molecule has 0 radical (unpaired) electrons. The van der Waals surface area contributed by atoms with Crippen LogP contribution in [-0.2, 0) is 11.0 Å². The van der Waals surface area contributed by atoms with Gasteiger partial charge in [-0.1, -0.05) is 53.8 Å². The molecule has 180 valence electrons. The molecule has 3 rings (SSSR count). The van der Waals surface area contributed by atoms with Gasteiger partial charge in [-0.05, 0) is 72.7 Å². The van der Waals surface area contributed by atoms with Crippen LogP contribution >= 0.6 is 23.2 Å². The number of hydrogen-bond donors (Lipinski definition) is 1. The maximum absolute atomic E-state index is 13.1. The average Bonchev–Trinajstić information content (AvgIpc) is 2.73. The van der Waals surface area contributed by atoms with Crippen LogP contribution in [0.25, 0.3) is 0 Å². The Bertz CT molecular complexity index is 1100. The fourth-order valence-corrected chi connectivity index (χ4v) is 4.84. The molecule has 8 heteroatoms. The summed E-state index contributed by atoms with van der Waals surface area (Å²) in [6, 6.07) is 9.35. The van der Waals surface area contributed by atoms with E-state index in [1.165, 1.54) is 12.1 Å². The molecule has 2 aromatic rings. The highest BCUT2D eigenvalue weighted by Gasteiger charge is 2.36. The van der Waals surface area contributed by atoms with Crippen molar-refractivity contribution in [3.63, 3.8) is 0 Å². The van der Waals surface area contributed by atoms with Gasteiger partial charge in [0.1, 0.15) is 0 Å². The molecule has 1 aliphatic heterocycles. The van der Waals surface area contributed by atoms with E-state index in [1.54, 1.807) is 25.1 Å². The first-order valence-corrected chi connectivity index (χ1v) is 11.5. The molecule has 1 N–H and O–H groups in total. The maximum Gasteiger partial charge on any atom is 0.416 e. The SMILES string of the molecule is C=C(C)C#C[C@@H](c1cc(Cl)cc(Cl)c1)N1CC[C@H](CC(=O)O)C[C@@H]1c1ccc(C(F)(F)F)cc1. The molecule has 2 aromatic carbocycles. The lowest BCUT2D eigenvalue weighted by atomic mass is 9.83. The van der Waals surface area contributed by atoms with Gasteiger partial charge in [0.05, 0.1) is 11.6 Å². The van der Waals surface area contributed by atoms with E-state index in [9.17, 15) is 23.1 Å². The summed E-state index contributed by atoms with van der Waals surface area (Å²) in [5, 5.41) is 10.2. The summed E-state index contributed by atoms with van der Waals surface area (Å²) in [4.78, 5) is 13.4. The fourth-order valence-electron chi connectivity index (χ4n) is 4.30. The molecular weight excluding hydrogens is 486 g/mol. The van der Waals surface area contributed by atoms with Gasteiger partial charge < -0.3 is 5.11 Å². The van der Waals surface area contributed by atoms with Crippen LogP contribution in [0, 0.1) is 17.8 Å². The fraction of sp³-hybridized carbons (Fsp3) is 0.346. The molecule has 0 saturated carbocycles. The van der Waals surface area contributed by atoms with Gasteiger partial charge in [-0.25, -0.2) is 0 Å². The van der Waals surface area contributed by atoms with Crippen molar-refractivity contribution < 1.29 is 23.1 Å². The summed E-state index contributed by atoms with van der Waals surface area (Å²) < 4.78 is 39.4. The van der Waals surface area contributed by atoms with E-state index in [0.717, 1.165) is 17.7 Å². The van der Waals surface area contributed by atoms with Crippen molar-refractivity contribution in [1.29, 1.82) is 0 Å². The van der Waals surface area contributed by atoms with Crippen LogP contribution < -0.4 is 0 Å². The third kappa shape index (κ3) is 6.79. The van der Waals surface area contributed by atoms with Crippen LogP contribution in [0.3, 0.4) is 0 Å². The number of benzene rings is 2. The number of likely N-dealkylation sites (tertiary alicyclic amines) is 1. The summed E-state index contributed by atoms with van der Waals surface area (Å²) in [7, 11) is 0. The van der Waals surface area contributed by atoms with Crippen molar-refractivity contribution in [2.45, 2.75) is 44.4 Å². The van der Waals surface area contributed by atoms with Crippen LogP contribution in [0.15, 0.2) is 54.6 Å². The minimum atomic E-state index is -4.44. The number of carboxylic acids is 1. The molecule has 1 saturated heterocycles. The van der Waals surface area contributed by atoms with Crippen molar-refractivity contribution in [2.24, 2.45) is 5.92 Å². The van der Waals surface area contributed by atoms with Crippen molar-refractivity contribution in [3.05, 3.63) is 81.4 Å². The smallest absolute Gasteiger partial charge is 0.416 e. The van der Waals surface area contributed by atoms with E-state index < -0.39 is 23.8 Å². The minimum Gasteiger partial charge on any atom is -0.481 e. The molecule has 1 aliphatic rings. The molecule has 0 spiro atoms. The zero-order valence-electron chi connectivity index (χ0n) is 18.5. The summed E-state index contributed by atoms with van der Waals surface area (Å²) in [6.45, 7) is 6.12. The summed E-state index contributed by atoms with van der Waals surface area (Å²) in [5.74, 6) is 5.21. The van der Waals surface area contributed by atoms with Crippen LogP contribution in [0.4, 0.5) is 13.2 Å². The first-order chi connectivity index (χ1) is 15.9. The van der Waals surface area contributed by atoms with Gasteiger partial charge in [0.15, 0.2) is 0 Å². The Labute approximate surface area is 207 Å². The van der Waals surface area contributed by atoms with E-state index in [2.05, 4.69) is 23.3 Å². The van der Waals surface area contributed by atoms with E-state index in [4.69, 9.17) is 23.2 Å². The number of hydrogen-bond acceptors (Lipinski definition) is 2. The van der Waals surface area contributed by atoms with Crippen molar-refractivity contribution in [3.8, 4) is 11.8 Å². The van der Waals surface area contributed by atoms with Crippen LogP contribution in [-0.4, -0.2) is 22.5 Å². The van der Waals surface area contributed by atoms with Gasteiger partial charge in [0.25, 0.3) is 0 Å². The Kier molecular flexibility index (Phi) is 8.35. The highest BCUT2D eigenvalue weighted by Crippen LogP contribution is 2.42. The lowest BCUT2D eigenvalue weighted by Gasteiger charge is -2.42. The molecule has 0 amide bonds. The second kappa shape index (κ2) is 10.9. The van der Waals surface area contributed by atoms with Crippen molar-refractivity contribution >= 4 is 29.2 Å². The zero-order chi connectivity index (χ0) is 25.0. The molecule has 34 heavy (non-hydrogen) atoms. The molecule has 3 nitrogen and oxygen atoms in total. The normalized spacial score (nSPS) is 19.7. The van der Waals surface area contributed by atoms with Gasteiger partial charge in [0.2, 0.25) is 0 Å². The Morgan fingerprint density at radius 1 is 1.21 bits per heavy atom. The van der Waals surface area contributed by atoms with Crippen molar-refractivity contribution in [1.82, 2.24) is 4.90 Å². The second-order valence-corrected chi connectivity index (χ2v) is 9.39. The highest BCUT2D eigenvalue weighted by molar-refractivity contribution is 6.34. The number of alkyl halides is 3. The quantitative estimate of drug-likeness (QED) is 0.422. The number of nitrogens with zero attached hydrogens (tertiary/aromatic N) is 1. The lowest BCUT2D eigenvalue weighted by molar-refractivity contribution is -0.139. The zero-order valence-corrected chi connectivity index (χ0v) is 20.0. The van der Waals surface area contributed by atoms with E-state index in [0.29, 0.717) is 40.6 Å². The molecule has 0 unspecified atom stereocenters. The topological polar surface area (TPSA) is 40.5 Å². The number of piperidine rings is 1. The summed E-state index contributed by atoms with van der Waals surface area (Å²) in [5.41, 5.74) is 1.34. The van der Waals surface area contributed by atoms with Gasteiger partial charge in [-0.15, -0.1) is 0 Å². The van der Waals surface area contributed by atoms with Crippen LogP contribution in [0.1, 0.15) is 55.0 Å². The molecule has 1 fully saturated rings. The maximum atomic E-state index is 13.1. The summed E-state index contributed by atoms with van der Waals surface area (Å²) >= 11 is 12.5. The molecule has 0 aliphatic carbocycles. The molecular formula is C26H24Cl2F3NO2. The molecule has 0 aromatic heterocycles. The minimum absolute atomic E-state index is 0.00389. The van der Waals surface area contributed by atoms with Crippen molar-refractivity contribution in [2.75, 3.05) is 6.54 Å². The second-order valence-electron chi connectivity index (χ2n) is 8.52. The van der Waals surface area contributed by atoms with E-state index >= 15 is 0 Å². The molecule has 1 heterocycles. The number of halogens is 5. The van der Waals surface area contributed by atoms with Gasteiger partial charge >= 0.3 is 12.1 Å². The Morgan fingerprint density at radius 3 is 2.35 bits per heavy atom. The Morgan fingerprint density at radius 2 is 1.82 bits per heavy atom. The number of carbonyl (C=O) groups is 1. The van der Waals surface area contributed by atoms with Gasteiger partial charge in [0, 0.05) is 29.1 Å².